The maximum absolute atomic E-state index is 13.0. The summed E-state index contributed by atoms with van der Waals surface area (Å²) < 4.78 is 0. The van der Waals surface area contributed by atoms with Crippen molar-refractivity contribution in [3.8, 4) is 0 Å². The van der Waals surface area contributed by atoms with Gasteiger partial charge in [0.1, 0.15) is 12.1 Å². The van der Waals surface area contributed by atoms with Gasteiger partial charge in [-0.3, -0.25) is 19.2 Å². The number of unbranched alkanes of at least 4 members (excludes halogenated alkanes) is 1. The number of aliphatic hydroxyl groups is 1. The highest BCUT2D eigenvalue weighted by Gasteiger charge is 2.32. The first-order valence-corrected chi connectivity index (χ1v) is 11.1. The Kier molecular flexibility index (Phi) is 12.3. The zero-order chi connectivity index (χ0) is 25.0. The Balaban J connectivity index is 2.93. The molecule has 1 saturated heterocycles. The number of hydrogen-bond acceptors (Lipinski definition) is 8. The second-order valence-corrected chi connectivity index (χ2v) is 8.13. The average Bonchev–Trinajstić information content (AvgIpc) is 3.28. The maximum atomic E-state index is 13.0. The molecule has 0 radical (unpaired) electrons. The van der Waals surface area contributed by atoms with Crippen LogP contribution in [0.25, 0.3) is 0 Å². The minimum absolute atomic E-state index is 0.188. The van der Waals surface area contributed by atoms with Crippen LogP contribution in [0.5, 0.6) is 0 Å². The van der Waals surface area contributed by atoms with Crippen molar-refractivity contribution < 1.29 is 34.2 Å². The number of primary amides is 1. The van der Waals surface area contributed by atoms with Crippen molar-refractivity contribution in [2.45, 2.75) is 82.1 Å². The number of amides is 4. The molecule has 1 heterocycles. The molecular weight excluding hydrogens is 436 g/mol. The van der Waals surface area contributed by atoms with Crippen molar-refractivity contribution in [1.29, 1.82) is 0 Å². The van der Waals surface area contributed by atoms with Gasteiger partial charge in [-0.2, -0.15) is 0 Å². The van der Waals surface area contributed by atoms with Crippen LogP contribution in [0.3, 0.4) is 0 Å². The van der Waals surface area contributed by atoms with E-state index in [1.165, 1.54) is 6.92 Å². The number of carbonyl (C=O) groups excluding carboxylic acids is 4. The summed E-state index contributed by atoms with van der Waals surface area (Å²) in [5.74, 6) is -4.07. The summed E-state index contributed by atoms with van der Waals surface area (Å²) in [4.78, 5) is 60.6. The quantitative estimate of drug-likeness (QED) is 0.114. The van der Waals surface area contributed by atoms with Crippen LogP contribution in [0.15, 0.2) is 0 Å². The number of aliphatic carboxylic acids is 1. The van der Waals surface area contributed by atoms with Crippen LogP contribution in [-0.2, 0) is 24.0 Å². The topological polar surface area (TPSA) is 226 Å². The van der Waals surface area contributed by atoms with Crippen LogP contribution < -0.4 is 32.7 Å². The van der Waals surface area contributed by atoms with E-state index in [1.54, 1.807) is 0 Å². The van der Waals surface area contributed by atoms with Crippen molar-refractivity contribution in [1.82, 2.24) is 21.3 Å². The number of carboxylic acid groups (broad SMARTS) is 1. The number of hydrogen-bond donors (Lipinski definition) is 8. The summed E-state index contributed by atoms with van der Waals surface area (Å²) in [6.07, 6.45) is 1.09. The van der Waals surface area contributed by atoms with Gasteiger partial charge in [0.2, 0.25) is 23.6 Å². The first kappa shape index (κ1) is 28.3. The molecule has 0 aromatic carbocycles. The Hall–Kier alpha value is -2.77. The molecule has 5 unspecified atom stereocenters. The first-order valence-electron chi connectivity index (χ1n) is 11.1. The molecule has 0 aliphatic carbocycles. The molecule has 4 amide bonds. The van der Waals surface area contributed by atoms with Crippen LogP contribution in [0, 0.1) is 0 Å². The number of carboxylic acids is 1. The fourth-order valence-electron chi connectivity index (χ4n) is 3.41. The van der Waals surface area contributed by atoms with Gasteiger partial charge in [-0.25, -0.2) is 4.79 Å². The van der Waals surface area contributed by atoms with E-state index in [0.717, 1.165) is 6.42 Å². The second kappa shape index (κ2) is 14.4. The normalized spacial score (nSPS) is 19.1. The highest BCUT2D eigenvalue weighted by Crippen LogP contribution is 2.08. The molecule has 0 bridgehead atoms. The molecule has 0 aromatic rings. The standard InChI is InChI=1S/C20H36N6O7/c1-11(27)16(20(32)33)26-19(31)14(7-8-15(22)28)25-18(30)13(5-2-3-9-21)24-17(29)12-6-4-10-23-12/h11-14,16,23,27H,2-10,21H2,1H3,(H2,22,28)(H,24,29)(H,25,30)(H,26,31)(H,32,33). The molecule has 10 N–H and O–H groups in total. The molecule has 1 aliphatic rings. The summed E-state index contributed by atoms with van der Waals surface area (Å²) in [7, 11) is 0. The highest BCUT2D eigenvalue weighted by atomic mass is 16.4. The number of rotatable bonds is 15. The fraction of sp³-hybridized carbons (Fsp3) is 0.750. The van der Waals surface area contributed by atoms with E-state index in [-0.39, 0.29) is 25.2 Å². The third kappa shape index (κ3) is 10.1. The minimum atomic E-state index is -1.61. The third-order valence-electron chi connectivity index (χ3n) is 5.32. The van der Waals surface area contributed by atoms with Crippen LogP contribution in [0.2, 0.25) is 0 Å². The van der Waals surface area contributed by atoms with Crippen molar-refractivity contribution in [3.63, 3.8) is 0 Å². The zero-order valence-electron chi connectivity index (χ0n) is 18.8. The molecule has 0 spiro atoms. The van der Waals surface area contributed by atoms with Gasteiger partial charge in [-0.15, -0.1) is 0 Å². The predicted molar refractivity (Wildman–Crippen MR) is 117 cm³/mol. The van der Waals surface area contributed by atoms with Crippen LogP contribution >= 0.6 is 0 Å². The van der Waals surface area contributed by atoms with Crippen molar-refractivity contribution in [2.75, 3.05) is 13.1 Å². The lowest BCUT2D eigenvalue weighted by Gasteiger charge is -2.25. The summed E-state index contributed by atoms with van der Waals surface area (Å²) in [5, 5.41) is 29.2. The van der Waals surface area contributed by atoms with Crippen LogP contribution in [-0.4, -0.2) is 83.2 Å². The van der Waals surface area contributed by atoms with Crippen molar-refractivity contribution in [2.24, 2.45) is 11.5 Å². The van der Waals surface area contributed by atoms with E-state index in [1.807, 2.05) is 0 Å². The van der Waals surface area contributed by atoms with Gasteiger partial charge < -0.3 is 42.9 Å². The summed E-state index contributed by atoms with van der Waals surface area (Å²) in [6, 6.07) is -4.28. The number of aliphatic hydroxyl groups excluding tert-OH is 1. The Morgan fingerprint density at radius 3 is 2.18 bits per heavy atom. The molecule has 13 heteroatoms. The maximum Gasteiger partial charge on any atom is 0.328 e. The van der Waals surface area contributed by atoms with Crippen molar-refractivity contribution >= 4 is 29.6 Å². The monoisotopic (exact) mass is 472 g/mol. The molecular formula is C20H36N6O7. The van der Waals surface area contributed by atoms with E-state index < -0.39 is 54.0 Å². The molecule has 188 valence electrons. The molecule has 13 nitrogen and oxygen atoms in total. The van der Waals surface area contributed by atoms with E-state index in [4.69, 9.17) is 11.5 Å². The SMILES string of the molecule is CC(O)C(NC(=O)C(CCC(N)=O)NC(=O)C(CCCCN)NC(=O)C1CCCN1)C(=O)O. The third-order valence-corrected chi connectivity index (χ3v) is 5.32. The highest BCUT2D eigenvalue weighted by molar-refractivity contribution is 5.94. The minimum Gasteiger partial charge on any atom is -0.480 e. The Morgan fingerprint density at radius 1 is 1.03 bits per heavy atom. The molecule has 5 atom stereocenters. The molecule has 0 aromatic heterocycles. The summed E-state index contributed by atoms with van der Waals surface area (Å²) >= 11 is 0. The fourth-order valence-corrected chi connectivity index (χ4v) is 3.41. The van der Waals surface area contributed by atoms with Crippen LogP contribution in [0.1, 0.15) is 51.9 Å². The van der Waals surface area contributed by atoms with Crippen molar-refractivity contribution in [3.05, 3.63) is 0 Å². The average molecular weight is 473 g/mol. The lowest BCUT2D eigenvalue weighted by Crippen LogP contribution is -2.58. The summed E-state index contributed by atoms with van der Waals surface area (Å²) in [6.45, 7) is 2.30. The van der Waals surface area contributed by atoms with Gasteiger partial charge in [0.15, 0.2) is 6.04 Å². The van der Waals surface area contributed by atoms with Gasteiger partial charge in [-0.05, 0) is 58.5 Å². The largest absolute Gasteiger partial charge is 0.480 e. The Morgan fingerprint density at radius 2 is 1.67 bits per heavy atom. The molecule has 1 fully saturated rings. The predicted octanol–water partition coefficient (Wildman–Crippen LogP) is -2.95. The first-order chi connectivity index (χ1) is 15.6. The zero-order valence-corrected chi connectivity index (χ0v) is 18.8. The molecule has 0 saturated carbocycles. The second-order valence-electron chi connectivity index (χ2n) is 8.13. The van der Waals surface area contributed by atoms with E-state index in [2.05, 4.69) is 21.3 Å². The summed E-state index contributed by atoms with van der Waals surface area (Å²) in [5.41, 5.74) is 10.7. The molecule has 1 aliphatic heterocycles. The lowest BCUT2D eigenvalue weighted by atomic mass is 10.0. The molecule has 33 heavy (non-hydrogen) atoms. The molecule has 1 rings (SSSR count). The van der Waals surface area contributed by atoms with Gasteiger partial charge in [0.25, 0.3) is 0 Å². The Bertz CT molecular complexity index is 696. The van der Waals surface area contributed by atoms with Gasteiger partial charge in [-0.1, -0.05) is 0 Å². The van der Waals surface area contributed by atoms with E-state index >= 15 is 0 Å². The number of nitrogens with one attached hydrogen (secondary N) is 4. The van der Waals surface area contributed by atoms with E-state index in [0.29, 0.717) is 32.4 Å². The van der Waals surface area contributed by atoms with E-state index in [9.17, 15) is 34.2 Å². The number of nitrogens with two attached hydrogens (primary N) is 2. The van der Waals surface area contributed by atoms with Crippen LogP contribution in [0.4, 0.5) is 0 Å². The Labute approximate surface area is 192 Å². The number of carbonyl (C=O) groups is 5. The van der Waals surface area contributed by atoms with Gasteiger partial charge in [0.05, 0.1) is 12.1 Å². The smallest absolute Gasteiger partial charge is 0.328 e. The lowest BCUT2D eigenvalue weighted by molar-refractivity contribution is -0.145. The van der Waals surface area contributed by atoms with Gasteiger partial charge in [0, 0.05) is 6.42 Å². The van der Waals surface area contributed by atoms with Gasteiger partial charge >= 0.3 is 5.97 Å².